The molecule has 8 heteroatoms. The highest BCUT2D eigenvalue weighted by Gasteiger charge is 2.33. The average Bonchev–Trinajstić information content (AvgIpc) is 2.70. The minimum atomic E-state index is -0.856. The molecule has 5 N–H and O–H groups in total. The van der Waals surface area contributed by atoms with Gasteiger partial charge in [0.15, 0.2) is 0 Å². The molecular weight excluding hydrogens is 364 g/mol. The summed E-state index contributed by atoms with van der Waals surface area (Å²) >= 11 is 4.18. The summed E-state index contributed by atoms with van der Waals surface area (Å²) in [6.07, 6.45) is 0. The smallest absolute Gasteiger partial charge is 0.255 e. The lowest BCUT2D eigenvalue weighted by Crippen LogP contribution is -2.58. The van der Waals surface area contributed by atoms with Gasteiger partial charge in [-0.1, -0.05) is 18.2 Å². The summed E-state index contributed by atoms with van der Waals surface area (Å²) in [4.78, 5) is 26.4. The number of anilines is 1. The molecule has 2 atom stereocenters. The lowest BCUT2D eigenvalue weighted by molar-refractivity contribution is -0.129. The Labute approximate surface area is 163 Å². The van der Waals surface area contributed by atoms with Crippen LogP contribution in [0.3, 0.4) is 0 Å². The molecule has 1 aliphatic heterocycles. The first kappa shape index (κ1) is 19.5. The van der Waals surface area contributed by atoms with Crippen molar-refractivity contribution in [3.05, 3.63) is 42.0 Å². The normalized spacial score (nSPS) is 18.3. The van der Waals surface area contributed by atoms with Crippen LogP contribution < -0.4 is 16.4 Å². The van der Waals surface area contributed by atoms with Crippen molar-refractivity contribution in [2.24, 2.45) is 5.73 Å². The Morgan fingerprint density at radius 1 is 1.41 bits per heavy atom. The topological polar surface area (TPSA) is 108 Å². The number of carbonyl (C=O) groups is 2. The second-order valence-electron chi connectivity index (χ2n) is 6.55. The molecule has 144 valence electrons. The van der Waals surface area contributed by atoms with E-state index in [4.69, 9.17) is 5.73 Å². The molecular formula is C19H24N4O3S. The summed E-state index contributed by atoms with van der Waals surface area (Å²) in [6.45, 7) is 0.954. The highest BCUT2D eigenvalue weighted by molar-refractivity contribution is 7.80. The zero-order valence-corrected chi connectivity index (χ0v) is 15.8. The lowest BCUT2D eigenvalue weighted by atomic mass is 10.0. The van der Waals surface area contributed by atoms with E-state index in [1.165, 1.54) is 4.90 Å². The van der Waals surface area contributed by atoms with Crippen LogP contribution in [0.1, 0.15) is 10.4 Å². The second kappa shape index (κ2) is 8.60. The van der Waals surface area contributed by atoms with E-state index in [1.807, 2.05) is 30.3 Å². The molecule has 1 saturated heterocycles. The molecule has 27 heavy (non-hydrogen) atoms. The predicted molar refractivity (Wildman–Crippen MR) is 109 cm³/mol. The van der Waals surface area contributed by atoms with Gasteiger partial charge in [0.2, 0.25) is 5.91 Å². The molecule has 0 aliphatic carbocycles. The number of fused-ring (bicyclic) bond motifs is 1. The number of aliphatic hydroxyl groups is 1. The molecule has 0 bridgehead atoms. The number of rotatable bonds is 6. The lowest BCUT2D eigenvalue weighted by Gasteiger charge is -2.34. The number of hydrogen-bond acceptors (Lipinski definition) is 6. The zero-order chi connectivity index (χ0) is 19.4. The molecule has 2 unspecified atom stereocenters. The minimum Gasteiger partial charge on any atom is -0.394 e. The van der Waals surface area contributed by atoms with Crippen LogP contribution in [-0.2, 0) is 4.79 Å². The molecule has 1 heterocycles. The number of amides is 2. The average molecular weight is 388 g/mol. The fourth-order valence-electron chi connectivity index (χ4n) is 3.19. The number of thiol groups is 1. The Morgan fingerprint density at radius 3 is 2.96 bits per heavy atom. The van der Waals surface area contributed by atoms with E-state index < -0.39 is 12.6 Å². The van der Waals surface area contributed by atoms with Gasteiger partial charge < -0.3 is 26.4 Å². The summed E-state index contributed by atoms with van der Waals surface area (Å²) in [6, 6.07) is 10.3. The Bertz CT molecular complexity index is 845. The summed E-state index contributed by atoms with van der Waals surface area (Å²) in [5.74, 6) is 0.00550. The Morgan fingerprint density at radius 2 is 2.22 bits per heavy atom. The van der Waals surface area contributed by atoms with Crippen LogP contribution in [0.4, 0.5) is 5.69 Å². The van der Waals surface area contributed by atoms with Gasteiger partial charge in [-0.25, -0.2) is 0 Å². The van der Waals surface area contributed by atoms with E-state index in [2.05, 4.69) is 23.3 Å². The van der Waals surface area contributed by atoms with Gasteiger partial charge in [-0.05, 0) is 29.0 Å². The van der Waals surface area contributed by atoms with E-state index in [9.17, 15) is 14.7 Å². The van der Waals surface area contributed by atoms with Crippen molar-refractivity contribution in [1.82, 2.24) is 10.2 Å². The highest BCUT2D eigenvalue weighted by Crippen LogP contribution is 2.25. The van der Waals surface area contributed by atoms with E-state index in [-0.39, 0.29) is 17.9 Å². The van der Waals surface area contributed by atoms with Crippen molar-refractivity contribution in [3.8, 4) is 0 Å². The number of nitrogens with zero attached hydrogens (tertiary/aromatic N) is 1. The maximum Gasteiger partial charge on any atom is 0.255 e. The first-order valence-corrected chi connectivity index (χ1v) is 9.51. The van der Waals surface area contributed by atoms with Crippen molar-refractivity contribution in [1.29, 1.82) is 0 Å². The number of nitrogens with one attached hydrogen (secondary N) is 2. The van der Waals surface area contributed by atoms with Crippen molar-refractivity contribution in [2.75, 3.05) is 37.3 Å². The molecule has 7 nitrogen and oxygen atoms in total. The number of nitrogens with two attached hydrogens (primary N) is 1. The van der Waals surface area contributed by atoms with Crippen LogP contribution in [0.5, 0.6) is 0 Å². The maximum absolute atomic E-state index is 13.1. The number of carbonyl (C=O) groups excluding carboxylic acids is 2. The van der Waals surface area contributed by atoms with Gasteiger partial charge in [0.25, 0.3) is 5.91 Å². The summed E-state index contributed by atoms with van der Waals surface area (Å²) < 4.78 is 0. The maximum atomic E-state index is 13.1. The van der Waals surface area contributed by atoms with Gasteiger partial charge in [0.05, 0.1) is 6.61 Å². The summed E-state index contributed by atoms with van der Waals surface area (Å²) in [5.41, 5.74) is 7.30. The number of hydrogen-bond donors (Lipinski definition) is 5. The van der Waals surface area contributed by atoms with Crippen LogP contribution in [0, 0.1) is 0 Å². The molecule has 2 amide bonds. The molecule has 2 aromatic carbocycles. The third-order valence-corrected chi connectivity index (χ3v) is 5.15. The van der Waals surface area contributed by atoms with E-state index in [1.54, 1.807) is 6.07 Å². The largest absolute Gasteiger partial charge is 0.394 e. The molecule has 1 fully saturated rings. The molecule has 0 radical (unpaired) electrons. The van der Waals surface area contributed by atoms with Gasteiger partial charge in [0.1, 0.15) is 6.04 Å². The first-order valence-electron chi connectivity index (χ1n) is 8.87. The van der Waals surface area contributed by atoms with Crippen molar-refractivity contribution < 1.29 is 14.7 Å². The third-order valence-electron chi connectivity index (χ3n) is 4.68. The van der Waals surface area contributed by atoms with E-state index in [0.29, 0.717) is 31.0 Å². The van der Waals surface area contributed by atoms with Crippen molar-refractivity contribution in [3.63, 3.8) is 0 Å². The monoisotopic (exact) mass is 388 g/mol. The van der Waals surface area contributed by atoms with Crippen LogP contribution >= 0.6 is 12.6 Å². The minimum absolute atomic E-state index is 0.0439. The molecule has 0 aromatic heterocycles. The van der Waals surface area contributed by atoms with Crippen molar-refractivity contribution >= 4 is 40.9 Å². The predicted octanol–water partition coefficient (Wildman–Crippen LogP) is 0.442. The van der Waals surface area contributed by atoms with Crippen LogP contribution in [0.15, 0.2) is 36.4 Å². The molecule has 3 rings (SSSR count). The standard InChI is InChI=1S/C19H24N4O3S/c20-13(11-27)9-22-14-4-5-15-12(8-14)2-1-3-16(15)19(26)23-7-6-21-18(25)17(23)10-24/h1-5,8,13,17,22,24,27H,6-7,9-11,20H2,(H,21,25). The van der Waals surface area contributed by atoms with Gasteiger partial charge in [0, 0.05) is 42.7 Å². The Kier molecular flexibility index (Phi) is 6.20. The van der Waals surface area contributed by atoms with Gasteiger partial charge >= 0.3 is 0 Å². The number of benzene rings is 2. The molecule has 2 aromatic rings. The molecule has 0 spiro atoms. The first-order chi connectivity index (χ1) is 13.0. The third kappa shape index (κ3) is 4.18. The van der Waals surface area contributed by atoms with Crippen molar-refractivity contribution in [2.45, 2.75) is 12.1 Å². The zero-order valence-electron chi connectivity index (χ0n) is 14.9. The summed E-state index contributed by atoms with van der Waals surface area (Å²) in [5, 5.41) is 17.2. The quantitative estimate of drug-likeness (QED) is 0.462. The van der Waals surface area contributed by atoms with Crippen LogP contribution in [0.2, 0.25) is 0 Å². The van der Waals surface area contributed by atoms with E-state index in [0.717, 1.165) is 16.5 Å². The second-order valence-corrected chi connectivity index (χ2v) is 6.92. The van der Waals surface area contributed by atoms with Crippen LogP contribution in [0.25, 0.3) is 10.8 Å². The number of piperazine rings is 1. The Balaban J connectivity index is 1.88. The van der Waals surface area contributed by atoms with E-state index >= 15 is 0 Å². The molecule has 0 saturated carbocycles. The number of aliphatic hydroxyl groups excluding tert-OH is 1. The van der Waals surface area contributed by atoms with Gasteiger partial charge in [-0.2, -0.15) is 12.6 Å². The SMILES string of the molecule is NC(CS)CNc1ccc2c(C(=O)N3CCNC(=O)C3CO)cccc2c1. The Hall–Kier alpha value is -2.29. The van der Waals surface area contributed by atoms with Gasteiger partial charge in [-0.3, -0.25) is 9.59 Å². The summed E-state index contributed by atoms with van der Waals surface area (Å²) in [7, 11) is 0. The van der Waals surface area contributed by atoms with Crippen LogP contribution in [-0.4, -0.2) is 65.9 Å². The highest BCUT2D eigenvalue weighted by atomic mass is 32.1. The fourth-order valence-corrected chi connectivity index (χ4v) is 3.32. The van der Waals surface area contributed by atoms with Gasteiger partial charge in [-0.15, -0.1) is 0 Å². The fraction of sp³-hybridized carbons (Fsp3) is 0.368. The molecule has 1 aliphatic rings.